The first-order chi connectivity index (χ1) is 19.3. The number of anilines is 1. The highest BCUT2D eigenvalue weighted by Crippen LogP contribution is 2.31. The number of rotatable bonds is 10. The predicted molar refractivity (Wildman–Crippen MR) is 166 cm³/mol. The zero-order chi connectivity index (χ0) is 30.3. The Morgan fingerprint density at radius 2 is 1.49 bits per heavy atom. The van der Waals surface area contributed by atoms with Gasteiger partial charge in [-0.2, -0.15) is 0 Å². The molecule has 0 fully saturated rings. The van der Waals surface area contributed by atoms with Crippen molar-refractivity contribution in [3.63, 3.8) is 0 Å². The van der Waals surface area contributed by atoms with Gasteiger partial charge in [-0.05, 0) is 94.3 Å². The summed E-state index contributed by atoms with van der Waals surface area (Å²) in [4.78, 5) is 42.6. The van der Waals surface area contributed by atoms with Crippen LogP contribution in [0.1, 0.15) is 78.5 Å². The van der Waals surface area contributed by atoms with Gasteiger partial charge in [0.2, 0.25) is 5.91 Å². The van der Waals surface area contributed by atoms with E-state index in [1.54, 1.807) is 32.6 Å². The van der Waals surface area contributed by atoms with Gasteiger partial charge in [-0.25, -0.2) is 4.79 Å². The molecule has 0 saturated carbocycles. The summed E-state index contributed by atoms with van der Waals surface area (Å²) in [5.41, 5.74) is 1.57. The van der Waals surface area contributed by atoms with Gasteiger partial charge in [0.15, 0.2) is 0 Å². The highest BCUT2D eigenvalue weighted by atomic mass is 16.6. The van der Waals surface area contributed by atoms with Crippen molar-refractivity contribution in [1.82, 2.24) is 10.2 Å². The maximum absolute atomic E-state index is 14.2. The van der Waals surface area contributed by atoms with Gasteiger partial charge in [0, 0.05) is 11.7 Å². The second kappa shape index (κ2) is 13.7. The van der Waals surface area contributed by atoms with E-state index < -0.39 is 23.8 Å². The standard InChI is InChI=1S/C34H45N3O4/c1-22(2)17-18-24(4)37(32(39)25(5)35-33(40)41-34(6,7)8)30(29-16-12-9-13-23(29)3)31(38)36-28-20-19-26-14-10-11-15-27(26)21-28/h9-16,19-22,24-25,30H,17-18H2,1-8H3,(H,35,40)(H,36,38). The van der Waals surface area contributed by atoms with Crippen LogP contribution in [0, 0.1) is 12.8 Å². The van der Waals surface area contributed by atoms with Crippen LogP contribution in [0.3, 0.4) is 0 Å². The van der Waals surface area contributed by atoms with Crippen LogP contribution in [0.4, 0.5) is 10.5 Å². The number of fused-ring (bicyclic) bond motifs is 1. The molecule has 7 heteroatoms. The fraction of sp³-hybridized carbons (Fsp3) is 0.441. The van der Waals surface area contributed by atoms with E-state index in [2.05, 4.69) is 24.5 Å². The van der Waals surface area contributed by atoms with Crippen LogP contribution in [0.25, 0.3) is 10.8 Å². The number of ether oxygens (including phenoxy) is 1. The maximum atomic E-state index is 14.2. The molecule has 0 heterocycles. The first kappa shape index (κ1) is 31.7. The molecule has 220 valence electrons. The minimum absolute atomic E-state index is 0.278. The molecule has 2 N–H and O–H groups in total. The number of nitrogens with one attached hydrogen (secondary N) is 2. The second-order valence-electron chi connectivity index (χ2n) is 12.2. The summed E-state index contributed by atoms with van der Waals surface area (Å²) in [5.74, 6) is -0.243. The van der Waals surface area contributed by atoms with Gasteiger partial charge in [-0.3, -0.25) is 9.59 Å². The van der Waals surface area contributed by atoms with E-state index in [1.807, 2.05) is 80.6 Å². The van der Waals surface area contributed by atoms with Crippen molar-refractivity contribution >= 4 is 34.4 Å². The molecule has 0 aromatic heterocycles. The molecule has 3 aromatic carbocycles. The molecule has 0 aliphatic carbocycles. The van der Waals surface area contributed by atoms with Crippen LogP contribution < -0.4 is 10.6 Å². The largest absolute Gasteiger partial charge is 0.444 e. The number of carbonyl (C=O) groups is 3. The SMILES string of the molecule is Cc1ccccc1C(C(=O)Nc1ccc2ccccc2c1)N(C(=O)C(C)NC(=O)OC(C)(C)C)C(C)CCC(C)C. The number of nitrogens with zero attached hydrogens (tertiary/aromatic N) is 1. The quantitative estimate of drug-likeness (QED) is 0.271. The lowest BCUT2D eigenvalue weighted by Crippen LogP contribution is -2.54. The van der Waals surface area contributed by atoms with Crippen molar-refractivity contribution in [2.75, 3.05) is 5.32 Å². The van der Waals surface area contributed by atoms with Crippen molar-refractivity contribution in [1.29, 1.82) is 0 Å². The first-order valence-corrected chi connectivity index (χ1v) is 14.4. The molecule has 0 aliphatic heterocycles. The topological polar surface area (TPSA) is 87.7 Å². The number of amides is 3. The Balaban J connectivity index is 2.03. The monoisotopic (exact) mass is 559 g/mol. The minimum Gasteiger partial charge on any atom is -0.444 e. The molecule has 3 aromatic rings. The van der Waals surface area contributed by atoms with Crippen molar-refractivity contribution in [2.45, 2.75) is 92.0 Å². The van der Waals surface area contributed by atoms with Crippen LogP contribution >= 0.6 is 0 Å². The summed E-state index contributed by atoms with van der Waals surface area (Å²) in [6.45, 7) is 15.1. The van der Waals surface area contributed by atoms with E-state index in [0.29, 0.717) is 18.0 Å². The van der Waals surface area contributed by atoms with Crippen LogP contribution in [0.2, 0.25) is 0 Å². The molecule has 0 saturated heterocycles. The Morgan fingerprint density at radius 1 is 0.854 bits per heavy atom. The number of benzene rings is 3. The van der Waals surface area contributed by atoms with E-state index in [1.165, 1.54) is 0 Å². The summed E-state index contributed by atoms with van der Waals surface area (Å²) in [5, 5.41) is 7.84. The van der Waals surface area contributed by atoms with Crippen molar-refractivity contribution in [2.24, 2.45) is 5.92 Å². The van der Waals surface area contributed by atoms with E-state index in [4.69, 9.17) is 4.74 Å². The van der Waals surface area contributed by atoms with Gasteiger partial charge in [-0.15, -0.1) is 0 Å². The number of aryl methyl sites for hydroxylation is 1. The molecule has 3 atom stereocenters. The summed E-state index contributed by atoms with van der Waals surface area (Å²) in [6, 6.07) is 19.2. The third-order valence-corrected chi connectivity index (χ3v) is 7.02. The van der Waals surface area contributed by atoms with Crippen LogP contribution in [0.15, 0.2) is 66.7 Å². The zero-order valence-corrected chi connectivity index (χ0v) is 25.7. The molecule has 0 radical (unpaired) electrons. The molecule has 3 amide bonds. The Labute approximate surface area is 244 Å². The summed E-state index contributed by atoms with van der Waals surface area (Å²) in [7, 11) is 0. The zero-order valence-electron chi connectivity index (χ0n) is 25.7. The lowest BCUT2D eigenvalue weighted by atomic mass is 9.94. The molecule has 0 aliphatic rings. The fourth-order valence-electron chi connectivity index (χ4n) is 4.87. The summed E-state index contributed by atoms with van der Waals surface area (Å²) in [6.07, 6.45) is 0.904. The van der Waals surface area contributed by atoms with Gasteiger partial charge >= 0.3 is 6.09 Å². The van der Waals surface area contributed by atoms with E-state index >= 15 is 0 Å². The Kier molecular flexibility index (Phi) is 10.5. The smallest absolute Gasteiger partial charge is 0.408 e. The molecule has 3 rings (SSSR count). The van der Waals surface area contributed by atoms with Crippen molar-refractivity contribution in [3.05, 3.63) is 77.9 Å². The normalized spacial score (nSPS) is 13.8. The third kappa shape index (κ3) is 8.81. The Morgan fingerprint density at radius 3 is 2.12 bits per heavy atom. The molecule has 7 nitrogen and oxygen atoms in total. The molecule has 41 heavy (non-hydrogen) atoms. The van der Waals surface area contributed by atoms with Gasteiger partial charge < -0.3 is 20.3 Å². The van der Waals surface area contributed by atoms with E-state index in [9.17, 15) is 14.4 Å². The maximum Gasteiger partial charge on any atom is 0.408 e. The number of hydrogen-bond acceptors (Lipinski definition) is 4. The number of hydrogen-bond donors (Lipinski definition) is 2. The van der Waals surface area contributed by atoms with Crippen molar-refractivity contribution < 1.29 is 19.1 Å². The minimum atomic E-state index is -0.916. The van der Waals surface area contributed by atoms with Crippen LogP contribution in [0.5, 0.6) is 0 Å². The molecule has 0 spiro atoms. The van der Waals surface area contributed by atoms with Crippen molar-refractivity contribution in [3.8, 4) is 0 Å². The van der Waals surface area contributed by atoms with Crippen LogP contribution in [-0.2, 0) is 14.3 Å². The highest BCUT2D eigenvalue weighted by Gasteiger charge is 2.38. The summed E-state index contributed by atoms with van der Waals surface area (Å²) >= 11 is 0. The Bertz CT molecular complexity index is 1360. The average Bonchev–Trinajstić information content (AvgIpc) is 2.89. The Hall–Kier alpha value is -3.87. The third-order valence-electron chi connectivity index (χ3n) is 7.02. The molecule has 0 bridgehead atoms. The summed E-state index contributed by atoms with van der Waals surface area (Å²) < 4.78 is 5.40. The second-order valence-corrected chi connectivity index (χ2v) is 12.2. The van der Waals surface area contributed by atoms with E-state index in [0.717, 1.165) is 28.3 Å². The molecule has 3 unspecified atom stereocenters. The molecular formula is C34H45N3O4. The van der Waals surface area contributed by atoms with Gasteiger partial charge in [0.25, 0.3) is 5.91 Å². The van der Waals surface area contributed by atoms with Crippen LogP contribution in [-0.4, -0.2) is 40.5 Å². The van der Waals surface area contributed by atoms with E-state index in [-0.39, 0.29) is 17.9 Å². The van der Waals surface area contributed by atoms with Gasteiger partial charge in [-0.1, -0.05) is 68.4 Å². The fourth-order valence-corrected chi connectivity index (χ4v) is 4.87. The molecular weight excluding hydrogens is 514 g/mol. The average molecular weight is 560 g/mol. The lowest BCUT2D eigenvalue weighted by molar-refractivity contribution is -0.143. The lowest BCUT2D eigenvalue weighted by Gasteiger charge is -2.38. The van der Waals surface area contributed by atoms with Gasteiger partial charge in [0.05, 0.1) is 0 Å². The predicted octanol–water partition coefficient (Wildman–Crippen LogP) is 7.39. The number of carbonyl (C=O) groups excluding carboxylic acids is 3. The number of alkyl carbamates (subject to hydrolysis) is 1. The first-order valence-electron chi connectivity index (χ1n) is 14.4. The highest BCUT2D eigenvalue weighted by molar-refractivity contribution is 6.00. The van der Waals surface area contributed by atoms with Gasteiger partial charge in [0.1, 0.15) is 17.7 Å².